The Hall–Kier alpha value is -4.92. The number of hydrogen-bond acceptors (Lipinski definition) is 10. The average molecular weight is 788 g/mol. The van der Waals surface area contributed by atoms with Crippen LogP contribution in [0.5, 0.6) is 11.8 Å². The molecule has 12 nitrogen and oxygen atoms in total. The van der Waals surface area contributed by atoms with Crippen molar-refractivity contribution in [3.63, 3.8) is 0 Å². The topological polar surface area (TPSA) is 122 Å². The van der Waals surface area contributed by atoms with Gasteiger partial charge in [0.25, 0.3) is 0 Å². The third-order valence-corrected chi connectivity index (χ3v) is 12.6. The number of aromatic nitrogens is 3. The van der Waals surface area contributed by atoms with E-state index in [-0.39, 0.29) is 89.8 Å². The lowest BCUT2D eigenvalue weighted by molar-refractivity contribution is 0.107. The summed E-state index contributed by atoms with van der Waals surface area (Å²) in [5.41, 5.74) is -1.02. The summed E-state index contributed by atoms with van der Waals surface area (Å²) in [5.74, 6) is -0.663. The number of ether oxygens (including phenoxy) is 3. The van der Waals surface area contributed by atoms with Gasteiger partial charge in [-0.2, -0.15) is 9.97 Å². The first kappa shape index (κ1) is 37.6. The highest BCUT2D eigenvalue weighted by Gasteiger charge is 2.45. The van der Waals surface area contributed by atoms with E-state index in [4.69, 9.17) is 19.2 Å². The van der Waals surface area contributed by atoms with Gasteiger partial charge in [-0.25, -0.2) is 22.8 Å². The van der Waals surface area contributed by atoms with E-state index in [1.54, 1.807) is 28.9 Å². The Kier molecular flexibility index (Phi) is 9.77. The number of carbonyl (C=O) groups is 2. The van der Waals surface area contributed by atoms with Gasteiger partial charge in [0.1, 0.15) is 41.4 Å². The molecule has 2 aromatic heterocycles. The van der Waals surface area contributed by atoms with Crippen molar-refractivity contribution in [3.05, 3.63) is 47.7 Å². The molecule has 0 saturated carbocycles. The Labute approximate surface area is 329 Å². The number of halogens is 3. The Balaban J connectivity index is 1.21. The van der Waals surface area contributed by atoms with Crippen molar-refractivity contribution >= 4 is 39.7 Å². The van der Waals surface area contributed by atoms with Gasteiger partial charge in [-0.05, 0) is 112 Å². The molecule has 57 heavy (non-hydrogen) atoms. The fraction of sp³-hybridized carbons (Fsp3) is 0.548. The number of carbonyl (C=O) groups excluding carboxylic acids is 2. The number of hydrogen-bond donors (Lipinski definition) is 1. The molecule has 4 saturated heterocycles. The molecule has 8 heterocycles. The molecule has 0 radical (unpaired) electrons. The van der Waals surface area contributed by atoms with Gasteiger partial charge < -0.3 is 29.3 Å². The molecule has 4 aromatic rings. The summed E-state index contributed by atoms with van der Waals surface area (Å²) in [5, 5.41) is 3.94. The maximum atomic E-state index is 17.5. The van der Waals surface area contributed by atoms with E-state index >= 15 is 13.2 Å². The van der Waals surface area contributed by atoms with E-state index in [1.807, 2.05) is 0 Å². The predicted molar refractivity (Wildman–Crippen MR) is 207 cm³/mol. The van der Waals surface area contributed by atoms with Crippen LogP contribution >= 0.6 is 0 Å². The van der Waals surface area contributed by atoms with E-state index in [2.05, 4.69) is 27.1 Å². The molecule has 302 valence electrons. The van der Waals surface area contributed by atoms with Crippen LogP contribution in [0.2, 0.25) is 0 Å². The second-order valence-electron chi connectivity index (χ2n) is 17.0. The van der Waals surface area contributed by atoms with Gasteiger partial charge in [0.15, 0.2) is 5.82 Å². The average Bonchev–Trinajstić information content (AvgIpc) is 3.76. The van der Waals surface area contributed by atoms with Crippen LogP contribution in [0.4, 0.5) is 28.6 Å². The number of piperidine rings is 2. The van der Waals surface area contributed by atoms with E-state index < -0.39 is 35.5 Å². The van der Waals surface area contributed by atoms with Gasteiger partial charge in [0.05, 0.1) is 29.6 Å². The van der Waals surface area contributed by atoms with E-state index in [9.17, 15) is 9.59 Å². The van der Waals surface area contributed by atoms with Crippen molar-refractivity contribution < 1.29 is 37.0 Å². The van der Waals surface area contributed by atoms with Crippen molar-refractivity contribution in [2.75, 3.05) is 57.4 Å². The second kappa shape index (κ2) is 14.8. The Morgan fingerprint density at radius 3 is 2.70 bits per heavy atom. The molecule has 3 atom stereocenters. The number of aryl methyl sites for hydroxylation is 1. The number of alkyl halides is 1. The van der Waals surface area contributed by atoms with Gasteiger partial charge in [-0.1, -0.05) is 13.0 Å². The minimum Gasteiger partial charge on any atom is -0.461 e. The van der Waals surface area contributed by atoms with Crippen LogP contribution in [0.1, 0.15) is 70.8 Å². The highest BCUT2D eigenvalue weighted by atomic mass is 19.1. The number of pyridine rings is 1. The van der Waals surface area contributed by atoms with Gasteiger partial charge in [0, 0.05) is 37.8 Å². The summed E-state index contributed by atoms with van der Waals surface area (Å²) in [4.78, 5) is 46.4. The predicted octanol–water partition coefficient (Wildman–Crippen LogP) is 7.34. The van der Waals surface area contributed by atoms with Crippen LogP contribution < -0.4 is 19.7 Å². The lowest BCUT2D eigenvalue weighted by atomic mass is 9.90. The number of rotatable bonds is 4. The zero-order valence-corrected chi connectivity index (χ0v) is 32.4. The van der Waals surface area contributed by atoms with Crippen molar-refractivity contribution in [2.24, 2.45) is 5.92 Å². The highest BCUT2D eigenvalue weighted by Crippen LogP contribution is 2.42. The first-order valence-electron chi connectivity index (χ1n) is 20.3. The number of likely N-dealkylation sites (tertiary alicyclic amines) is 1. The molecule has 15 heteroatoms. The summed E-state index contributed by atoms with van der Waals surface area (Å²) < 4.78 is 67.0. The number of fused-ring (bicyclic) bond motifs is 7. The summed E-state index contributed by atoms with van der Waals surface area (Å²) in [7, 11) is 0. The number of amides is 2. The molecule has 0 aliphatic carbocycles. The quantitative estimate of drug-likeness (QED) is 0.225. The summed E-state index contributed by atoms with van der Waals surface area (Å²) in [6.07, 6.45) is 5.13. The monoisotopic (exact) mass is 787 g/mol. The lowest BCUT2D eigenvalue weighted by Crippen LogP contribution is -2.60. The van der Waals surface area contributed by atoms with Crippen LogP contribution in [-0.2, 0) is 11.2 Å². The molecule has 1 N–H and O–H groups in total. The standard InChI is InChI=1S/C42H48F3N7O5/c1-25-7-3-13-50(21-25)40(54)57-28-17-26-9-10-32(44)29-8-4-16-55-39(53)49-41(2)19-27(43)22-51(23-41)37-31-20-46-35(30(18-28)33(26)29)34(45)36(31)47-38(48-37)56-24-42-11-5-14-52(42)15-6-12-42/h9-10,17-18,20,25,27H,3-8,11-16,19,21-24H2,1-2H3,(H,49,53). The van der Waals surface area contributed by atoms with Gasteiger partial charge in [0.2, 0.25) is 0 Å². The van der Waals surface area contributed by atoms with Crippen molar-refractivity contribution in [3.8, 4) is 23.0 Å². The number of nitrogens with zero attached hydrogens (tertiary/aromatic N) is 6. The molecule has 6 bridgehead atoms. The van der Waals surface area contributed by atoms with Crippen molar-refractivity contribution in [1.82, 2.24) is 30.1 Å². The van der Waals surface area contributed by atoms with Gasteiger partial charge in [-0.3, -0.25) is 9.88 Å². The number of anilines is 1. The Morgan fingerprint density at radius 2 is 1.89 bits per heavy atom. The summed E-state index contributed by atoms with van der Waals surface area (Å²) >= 11 is 0. The number of nitrogens with one attached hydrogen (secondary N) is 1. The van der Waals surface area contributed by atoms with E-state index in [0.717, 1.165) is 51.6 Å². The molecular weight excluding hydrogens is 739 g/mol. The number of alkyl carbamates (subject to hydrolysis) is 1. The van der Waals surface area contributed by atoms with Crippen molar-refractivity contribution in [1.29, 1.82) is 0 Å². The molecule has 2 aromatic carbocycles. The lowest BCUT2D eigenvalue weighted by Gasteiger charge is -2.42. The second-order valence-corrected chi connectivity index (χ2v) is 17.0. The van der Waals surface area contributed by atoms with Crippen molar-refractivity contribution in [2.45, 2.75) is 88.9 Å². The van der Waals surface area contributed by atoms with Crippen LogP contribution in [-0.4, -0.2) is 107 Å². The van der Waals surface area contributed by atoms with Crippen LogP contribution in [0.3, 0.4) is 0 Å². The van der Waals surface area contributed by atoms with E-state index in [1.165, 1.54) is 18.3 Å². The molecular formula is C42H48F3N7O5. The summed E-state index contributed by atoms with van der Waals surface area (Å²) in [6.45, 7) is 7.22. The van der Waals surface area contributed by atoms with Gasteiger partial charge in [-0.15, -0.1) is 0 Å². The first-order valence-corrected chi connectivity index (χ1v) is 20.3. The first-order chi connectivity index (χ1) is 27.5. The number of benzene rings is 2. The zero-order valence-electron chi connectivity index (χ0n) is 32.4. The third-order valence-electron chi connectivity index (χ3n) is 12.6. The van der Waals surface area contributed by atoms with Crippen LogP contribution in [0, 0.1) is 17.6 Å². The van der Waals surface area contributed by atoms with E-state index in [0.29, 0.717) is 36.4 Å². The largest absolute Gasteiger partial charge is 0.461 e. The van der Waals surface area contributed by atoms with Gasteiger partial charge >= 0.3 is 18.2 Å². The van der Waals surface area contributed by atoms with Crippen LogP contribution in [0.25, 0.3) is 32.9 Å². The molecule has 6 aliphatic heterocycles. The summed E-state index contributed by atoms with van der Waals surface area (Å²) in [6, 6.07) is 5.97. The zero-order chi connectivity index (χ0) is 39.5. The minimum atomic E-state index is -1.37. The highest BCUT2D eigenvalue weighted by molar-refractivity contribution is 6.02. The van der Waals surface area contributed by atoms with Crippen LogP contribution in [0.15, 0.2) is 30.5 Å². The Morgan fingerprint density at radius 1 is 1.07 bits per heavy atom. The molecule has 4 fully saturated rings. The normalized spacial score (nSPS) is 25.0. The third kappa shape index (κ3) is 7.16. The maximum Gasteiger partial charge on any atom is 0.415 e. The maximum absolute atomic E-state index is 17.5. The molecule has 6 aliphatic rings. The molecule has 2 amide bonds. The molecule has 0 spiro atoms. The minimum absolute atomic E-state index is 0.0201. The smallest absolute Gasteiger partial charge is 0.415 e. The molecule has 3 unspecified atom stereocenters. The Bertz CT molecular complexity index is 2230. The fourth-order valence-corrected chi connectivity index (χ4v) is 9.96. The fourth-order valence-electron chi connectivity index (χ4n) is 9.96. The SMILES string of the molecule is CC1CCCN(C(=O)Oc2cc3c4c(c(F)ccc4c2)CCCOC(=O)NC2(C)CC(F)CN(C2)c2nc(OCC45CCCN4CCC5)nc4c(F)c-3ncc24)C1. The molecule has 10 rings (SSSR count).